The molecule has 0 N–H and O–H groups in total. The van der Waals surface area contributed by atoms with Gasteiger partial charge in [-0.3, -0.25) is 9.80 Å². The van der Waals surface area contributed by atoms with Crippen molar-refractivity contribution in [3.8, 4) is 0 Å². The van der Waals surface area contributed by atoms with E-state index in [2.05, 4.69) is 65.2 Å². The average molecular weight is 1030 g/mol. The zero-order valence-electron chi connectivity index (χ0n) is 46.7. The van der Waals surface area contributed by atoms with Crippen LogP contribution >= 0.6 is 0 Å². The molecule has 0 saturated heterocycles. The van der Waals surface area contributed by atoms with Gasteiger partial charge in [0.1, 0.15) is 0 Å². The maximum Gasteiger partial charge on any atom is 0.0936 e. The predicted octanol–water partition coefficient (Wildman–Crippen LogP) is 6.57. The van der Waals surface area contributed by atoms with Crippen LogP contribution in [0.25, 0.3) is 0 Å². The van der Waals surface area contributed by atoms with Crippen molar-refractivity contribution in [1.82, 2.24) is 9.80 Å². The zero-order valence-corrected chi connectivity index (χ0v) is 46.7. The Morgan fingerprint density at radius 2 is 0.380 bits per heavy atom. The normalized spacial score (nSPS) is 13.8. The molecule has 0 spiro atoms. The van der Waals surface area contributed by atoms with Crippen LogP contribution in [0, 0.1) is 0 Å². The SMILES string of the molecule is CCCOCCOCC(CN(CC(COCCOCCC)OCCOCCC)CN(CC(COCCOCCC)OCCOCCC)CC(COCCOCCC)OCCOCCC)OCCOCCC. The summed E-state index contributed by atoms with van der Waals surface area (Å²) in [6.07, 6.45) is 6.37. The van der Waals surface area contributed by atoms with Crippen LogP contribution in [-0.4, -0.2) is 252 Å². The molecule has 0 bridgehead atoms. The number of nitrogens with zero attached hydrogens (tertiary/aromatic N) is 2. The molecule has 71 heavy (non-hydrogen) atoms. The van der Waals surface area contributed by atoms with Gasteiger partial charge in [0.05, 0.1) is 163 Å². The van der Waals surface area contributed by atoms with Crippen molar-refractivity contribution < 1.29 is 75.8 Å². The van der Waals surface area contributed by atoms with Crippen LogP contribution in [0.4, 0.5) is 0 Å². The molecule has 18 heteroatoms. The fraction of sp³-hybridized carbons (Fsp3) is 1.00. The first-order valence-electron chi connectivity index (χ1n) is 27.8. The summed E-state index contributed by atoms with van der Waals surface area (Å²) in [4.78, 5) is 4.73. The van der Waals surface area contributed by atoms with E-state index < -0.39 is 0 Å². The van der Waals surface area contributed by atoms with E-state index in [0.717, 1.165) is 51.4 Å². The molecule has 0 aliphatic heterocycles. The Bertz CT molecular complexity index is 855. The molecular weight excluding hydrogens is 921 g/mol. The van der Waals surface area contributed by atoms with Crippen LogP contribution in [-0.2, 0) is 75.8 Å². The molecule has 4 unspecified atom stereocenters. The summed E-state index contributed by atoms with van der Waals surface area (Å²) in [5.74, 6) is 0. The van der Waals surface area contributed by atoms with E-state index in [4.69, 9.17) is 75.8 Å². The first-order chi connectivity index (χ1) is 35.0. The summed E-state index contributed by atoms with van der Waals surface area (Å²) in [5.41, 5.74) is 0. The fourth-order valence-corrected chi connectivity index (χ4v) is 6.83. The third-order valence-electron chi connectivity index (χ3n) is 10.1. The molecule has 0 rings (SSSR count). The van der Waals surface area contributed by atoms with Gasteiger partial charge >= 0.3 is 0 Å². The maximum atomic E-state index is 6.59. The molecule has 0 aliphatic carbocycles. The van der Waals surface area contributed by atoms with E-state index in [1.165, 1.54) is 0 Å². The molecule has 428 valence electrons. The maximum absolute atomic E-state index is 6.59. The largest absolute Gasteiger partial charge is 0.379 e. The highest BCUT2D eigenvalue weighted by Crippen LogP contribution is 2.11. The third-order valence-corrected chi connectivity index (χ3v) is 10.1. The van der Waals surface area contributed by atoms with Gasteiger partial charge in [0.15, 0.2) is 0 Å². The van der Waals surface area contributed by atoms with E-state index in [9.17, 15) is 0 Å². The van der Waals surface area contributed by atoms with Crippen LogP contribution in [0.2, 0.25) is 0 Å². The number of hydrogen-bond acceptors (Lipinski definition) is 18. The van der Waals surface area contributed by atoms with Gasteiger partial charge in [-0.2, -0.15) is 0 Å². The lowest BCUT2D eigenvalue weighted by Gasteiger charge is -2.37. The number of rotatable bonds is 62. The number of ether oxygens (including phenoxy) is 16. The van der Waals surface area contributed by atoms with Crippen molar-refractivity contribution in [3.63, 3.8) is 0 Å². The molecule has 4 atom stereocenters. The Balaban J connectivity index is 7.14. The topological polar surface area (TPSA) is 154 Å². The van der Waals surface area contributed by atoms with Gasteiger partial charge in [0.2, 0.25) is 0 Å². The summed E-state index contributed by atoms with van der Waals surface area (Å²) in [6, 6.07) is 0. The van der Waals surface area contributed by atoms with Crippen LogP contribution in [0.1, 0.15) is 107 Å². The molecule has 0 aliphatic rings. The molecule has 0 radical (unpaired) electrons. The summed E-state index contributed by atoms with van der Waals surface area (Å²) >= 11 is 0. The monoisotopic (exact) mass is 1030 g/mol. The van der Waals surface area contributed by atoms with Crippen molar-refractivity contribution in [3.05, 3.63) is 0 Å². The Labute approximate surface area is 433 Å². The highest BCUT2D eigenvalue weighted by Gasteiger charge is 2.27. The lowest BCUT2D eigenvalue weighted by Crippen LogP contribution is -2.52. The summed E-state index contributed by atoms with van der Waals surface area (Å²) in [6.45, 7) is 34.0. The molecule has 0 aromatic carbocycles. The summed E-state index contributed by atoms with van der Waals surface area (Å²) < 4.78 is 97.8. The highest BCUT2D eigenvalue weighted by atomic mass is 16.6. The van der Waals surface area contributed by atoms with Crippen LogP contribution in [0.5, 0.6) is 0 Å². The number of hydrogen-bond donors (Lipinski definition) is 0. The van der Waals surface area contributed by atoms with Crippen molar-refractivity contribution in [1.29, 1.82) is 0 Å². The second kappa shape index (κ2) is 58.5. The molecule has 0 fully saturated rings. The van der Waals surface area contributed by atoms with Crippen LogP contribution in [0.15, 0.2) is 0 Å². The first kappa shape index (κ1) is 70.3. The van der Waals surface area contributed by atoms with Gasteiger partial charge in [-0.1, -0.05) is 55.4 Å². The molecule has 0 aromatic rings. The van der Waals surface area contributed by atoms with Crippen molar-refractivity contribution in [2.45, 2.75) is 131 Å². The summed E-state index contributed by atoms with van der Waals surface area (Å²) in [7, 11) is 0. The van der Waals surface area contributed by atoms with Crippen LogP contribution < -0.4 is 0 Å². The molecule has 0 aromatic heterocycles. The van der Waals surface area contributed by atoms with Gasteiger partial charge in [-0.05, 0) is 51.4 Å². The lowest BCUT2D eigenvalue weighted by molar-refractivity contribution is -0.101. The van der Waals surface area contributed by atoms with Gasteiger partial charge in [-0.15, -0.1) is 0 Å². The Hall–Kier alpha value is -0.720. The standard InChI is InChI=1S/C53H110N2O16/c1-9-17-56-25-29-64-45-50(68-37-33-60-21-13-5)41-54(42-51(69-38-34-61-22-14-6)46-65-30-26-57-18-10-2)49-55(43-52(70-39-35-62-23-15-7)47-66-31-27-58-19-11-3)44-53(71-40-36-63-24-16-8)48-67-32-28-59-20-12-4/h50-53H,9-49H2,1-8H3. The molecule has 0 saturated carbocycles. The zero-order chi connectivity index (χ0) is 51.8. The van der Waals surface area contributed by atoms with Gasteiger partial charge in [0, 0.05) is 79.0 Å². The van der Waals surface area contributed by atoms with Crippen LogP contribution in [0.3, 0.4) is 0 Å². The second-order valence-corrected chi connectivity index (χ2v) is 17.4. The molecule has 18 nitrogen and oxygen atoms in total. The van der Waals surface area contributed by atoms with Gasteiger partial charge < -0.3 is 75.8 Å². The van der Waals surface area contributed by atoms with Gasteiger partial charge in [-0.25, -0.2) is 0 Å². The predicted molar refractivity (Wildman–Crippen MR) is 279 cm³/mol. The Morgan fingerprint density at radius 3 is 0.563 bits per heavy atom. The molecular formula is C53H110N2O16. The van der Waals surface area contributed by atoms with Crippen molar-refractivity contribution in [2.24, 2.45) is 0 Å². The first-order valence-corrected chi connectivity index (χ1v) is 27.8. The van der Waals surface area contributed by atoms with E-state index in [1.54, 1.807) is 0 Å². The van der Waals surface area contributed by atoms with E-state index in [0.29, 0.717) is 218 Å². The van der Waals surface area contributed by atoms with Crippen molar-refractivity contribution in [2.75, 3.05) is 218 Å². The second-order valence-electron chi connectivity index (χ2n) is 17.4. The third kappa shape index (κ3) is 49.9. The fourth-order valence-electron chi connectivity index (χ4n) is 6.83. The minimum absolute atomic E-state index is 0.298. The lowest BCUT2D eigenvalue weighted by atomic mass is 10.2. The minimum atomic E-state index is -0.298. The van der Waals surface area contributed by atoms with Crippen molar-refractivity contribution >= 4 is 0 Å². The van der Waals surface area contributed by atoms with E-state index in [1.807, 2.05) is 0 Å². The quantitative estimate of drug-likeness (QED) is 0.0476. The Morgan fingerprint density at radius 1 is 0.211 bits per heavy atom. The Kier molecular flexibility index (Phi) is 57.9. The van der Waals surface area contributed by atoms with Gasteiger partial charge in [0.25, 0.3) is 0 Å². The van der Waals surface area contributed by atoms with E-state index in [-0.39, 0.29) is 24.4 Å². The summed E-state index contributed by atoms with van der Waals surface area (Å²) in [5, 5.41) is 0. The smallest absolute Gasteiger partial charge is 0.0936 e. The minimum Gasteiger partial charge on any atom is -0.379 e. The highest BCUT2D eigenvalue weighted by molar-refractivity contribution is 4.77. The molecule has 0 amide bonds. The van der Waals surface area contributed by atoms with E-state index >= 15 is 0 Å². The molecule has 0 heterocycles. The average Bonchev–Trinajstić information content (AvgIpc) is 3.37.